The molecule has 160 valence electrons. The highest BCUT2D eigenvalue weighted by Crippen LogP contribution is 2.37. The molecule has 1 aromatic heterocycles. The largest absolute Gasteiger partial charge is 1.00 e. The van der Waals surface area contributed by atoms with Gasteiger partial charge < -0.3 is 40.5 Å². The summed E-state index contributed by atoms with van der Waals surface area (Å²) in [6.45, 7) is 2.13. The molecule has 2 atom stereocenters. The summed E-state index contributed by atoms with van der Waals surface area (Å²) >= 11 is 0. The van der Waals surface area contributed by atoms with Gasteiger partial charge in [0, 0.05) is 25.2 Å². The molecular weight excluding hydrogens is 438 g/mol. The van der Waals surface area contributed by atoms with Crippen LogP contribution in [-0.4, -0.2) is 62.1 Å². The second-order valence-electron chi connectivity index (χ2n) is 7.96. The molecule has 0 saturated carbocycles. The lowest BCUT2D eigenvalue weighted by Gasteiger charge is -2.31. The normalized spacial score (nSPS) is 19.9. The van der Waals surface area contributed by atoms with Crippen LogP contribution in [0.1, 0.15) is 30.6 Å². The predicted molar refractivity (Wildman–Crippen MR) is 105 cm³/mol. The molecular formula is C22H30BrNO5. The van der Waals surface area contributed by atoms with Crippen molar-refractivity contribution in [3.8, 4) is 0 Å². The van der Waals surface area contributed by atoms with Crippen LogP contribution in [0.25, 0.3) is 0 Å². The average molecular weight is 468 g/mol. The number of aliphatic hydroxyl groups excluding tert-OH is 1. The summed E-state index contributed by atoms with van der Waals surface area (Å²) in [5.41, 5.74) is -0.786. The van der Waals surface area contributed by atoms with E-state index in [-0.39, 0.29) is 29.7 Å². The minimum atomic E-state index is -1.46. The summed E-state index contributed by atoms with van der Waals surface area (Å²) in [7, 11) is 4.27. The fraction of sp³-hybridized carbons (Fsp3) is 0.500. The highest BCUT2D eigenvalue weighted by Gasteiger charge is 2.49. The number of halogens is 1. The Morgan fingerprint density at radius 1 is 1.21 bits per heavy atom. The van der Waals surface area contributed by atoms with Crippen molar-refractivity contribution in [3.63, 3.8) is 0 Å². The number of benzene rings is 1. The molecule has 0 radical (unpaired) electrons. The molecule has 1 aliphatic rings. The molecule has 2 heterocycles. The lowest BCUT2D eigenvalue weighted by atomic mass is 9.90. The van der Waals surface area contributed by atoms with Gasteiger partial charge in [-0.15, -0.1) is 0 Å². The third-order valence-corrected chi connectivity index (χ3v) is 5.23. The number of aliphatic hydroxyl groups is 1. The van der Waals surface area contributed by atoms with Gasteiger partial charge in [-0.25, -0.2) is 4.79 Å². The fourth-order valence-electron chi connectivity index (χ4n) is 3.72. The number of carbonyl (C=O) groups is 1. The summed E-state index contributed by atoms with van der Waals surface area (Å²) in [4.78, 5) is 13.5. The molecule has 1 aromatic carbocycles. The summed E-state index contributed by atoms with van der Waals surface area (Å²) < 4.78 is 18.6. The van der Waals surface area contributed by atoms with E-state index >= 15 is 0 Å². The van der Waals surface area contributed by atoms with Crippen LogP contribution in [0.2, 0.25) is 0 Å². The third-order valence-electron chi connectivity index (χ3n) is 5.23. The van der Waals surface area contributed by atoms with Crippen LogP contribution in [0, 0.1) is 0 Å². The molecule has 0 bridgehead atoms. The number of quaternary nitrogens is 1. The topological polar surface area (TPSA) is 68.9 Å². The molecule has 29 heavy (non-hydrogen) atoms. The summed E-state index contributed by atoms with van der Waals surface area (Å²) in [5, 5.41) is 9.08. The molecule has 2 unspecified atom stereocenters. The quantitative estimate of drug-likeness (QED) is 0.311. The molecule has 3 rings (SSSR count). The van der Waals surface area contributed by atoms with E-state index in [1.807, 2.05) is 30.3 Å². The SMILES string of the molecule is C[N+]1(C)CCC(OC(=O)C(OCCCCO)(c2ccccc2)c2ccco2)C1.[Br-]. The molecule has 0 amide bonds. The highest BCUT2D eigenvalue weighted by atomic mass is 79.9. The first-order valence-corrected chi connectivity index (χ1v) is 9.85. The summed E-state index contributed by atoms with van der Waals surface area (Å²) in [6, 6.07) is 12.8. The zero-order chi connectivity index (χ0) is 20.0. The van der Waals surface area contributed by atoms with Crippen molar-refractivity contribution >= 4 is 5.97 Å². The van der Waals surface area contributed by atoms with Crippen molar-refractivity contribution < 1.29 is 45.3 Å². The van der Waals surface area contributed by atoms with E-state index in [9.17, 15) is 4.79 Å². The fourth-order valence-corrected chi connectivity index (χ4v) is 3.72. The summed E-state index contributed by atoms with van der Waals surface area (Å²) in [5.74, 6) is -0.0519. The molecule has 1 N–H and O–H groups in total. The molecule has 0 aliphatic carbocycles. The Morgan fingerprint density at radius 2 is 1.97 bits per heavy atom. The van der Waals surface area contributed by atoms with Gasteiger partial charge in [-0.05, 0) is 25.0 Å². The molecule has 2 aromatic rings. The number of hydrogen-bond donors (Lipinski definition) is 1. The van der Waals surface area contributed by atoms with E-state index in [0.717, 1.165) is 24.0 Å². The molecule has 0 spiro atoms. The minimum absolute atomic E-state index is 0. The van der Waals surface area contributed by atoms with Gasteiger partial charge in [-0.3, -0.25) is 0 Å². The van der Waals surface area contributed by atoms with Gasteiger partial charge in [0.2, 0.25) is 5.60 Å². The van der Waals surface area contributed by atoms with Crippen molar-refractivity contribution in [2.75, 3.05) is 40.4 Å². The van der Waals surface area contributed by atoms with Crippen molar-refractivity contribution in [1.29, 1.82) is 0 Å². The molecule has 1 fully saturated rings. The Labute approximate surface area is 182 Å². The van der Waals surface area contributed by atoms with Gasteiger partial charge >= 0.3 is 5.97 Å². The van der Waals surface area contributed by atoms with Gasteiger partial charge in [-0.2, -0.15) is 0 Å². The first-order valence-electron chi connectivity index (χ1n) is 9.85. The molecule has 1 saturated heterocycles. The first kappa shape index (κ1) is 23.6. The van der Waals surface area contributed by atoms with Crippen LogP contribution in [0.3, 0.4) is 0 Å². The lowest BCUT2D eigenvalue weighted by molar-refractivity contribution is -0.879. The highest BCUT2D eigenvalue weighted by molar-refractivity contribution is 5.85. The van der Waals surface area contributed by atoms with E-state index in [1.54, 1.807) is 12.1 Å². The van der Waals surface area contributed by atoms with Gasteiger partial charge in [-0.1, -0.05) is 30.3 Å². The van der Waals surface area contributed by atoms with Crippen LogP contribution in [0.4, 0.5) is 0 Å². The second-order valence-corrected chi connectivity index (χ2v) is 7.96. The number of likely N-dealkylation sites (tertiary alicyclic amines) is 1. The van der Waals surface area contributed by atoms with Gasteiger partial charge in [0.05, 0.1) is 26.9 Å². The zero-order valence-corrected chi connectivity index (χ0v) is 18.6. The number of nitrogens with zero attached hydrogens (tertiary/aromatic N) is 1. The van der Waals surface area contributed by atoms with E-state index in [0.29, 0.717) is 30.8 Å². The Morgan fingerprint density at radius 3 is 2.55 bits per heavy atom. The van der Waals surface area contributed by atoms with Crippen molar-refractivity contribution in [2.45, 2.75) is 31.0 Å². The maximum Gasteiger partial charge on any atom is 0.351 e. The molecule has 1 aliphatic heterocycles. The Hall–Kier alpha value is -1.67. The Bertz CT molecular complexity index is 750. The van der Waals surface area contributed by atoms with Gasteiger partial charge in [0.25, 0.3) is 0 Å². The number of carbonyl (C=O) groups excluding carboxylic acids is 1. The van der Waals surface area contributed by atoms with Crippen LogP contribution in [0.15, 0.2) is 53.1 Å². The maximum absolute atomic E-state index is 13.5. The van der Waals surface area contributed by atoms with Gasteiger partial charge in [0.15, 0.2) is 11.9 Å². The Kier molecular flexibility index (Phi) is 8.46. The summed E-state index contributed by atoms with van der Waals surface area (Å²) in [6.07, 6.45) is 3.44. The second kappa shape index (κ2) is 10.4. The number of rotatable bonds is 9. The van der Waals surface area contributed by atoms with Crippen LogP contribution < -0.4 is 17.0 Å². The first-order chi connectivity index (χ1) is 13.5. The van der Waals surface area contributed by atoms with Crippen LogP contribution in [-0.2, 0) is 19.9 Å². The number of hydrogen-bond acceptors (Lipinski definition) is 5. The maximum atomic E-state index is 13.5. The van der Waals surface area contributed by atoms with Crippen LogP contribution >= 0.6 is 0 Å². The minimum Gasteiger partial charge on any atom is -1.00 e. The van der Waals surface area contributed by atoms with Crippen molar-refractivity contribution in [2.24, 2.45) is 0 Å². The number of esters is 1. The van der Waals surface area contributed by atoms with Gasteiger partial charge in [0.1, 0.15) is 6.54 Å². The van der Waals surface area contributed by atoms with E-state index in [2.05, 4.69) is 14.1 Å². The third kappa shape index (κ3) is 5.48. The smallest absolute Gasteiger partial charge is 0.351 e. The van der Waals surface area contributed by atoms with E-state index in [1.165, 1.54) is 6.26 Å². The molecule has 6 nitrogen and oxygen atoms in total. The van der Waals surface area contributed by atoms with Crippen molar-refractivity contribution in [3.05, 3.63) is 60.1 Å². The van der Waals surface area contributed by atoms with E-state index in [4.69, 9.17) is 19.0 Å². The van der Waals surface area contributed by atoms with Crippen molar-refractivity contribution in [1.82, 2.24) is 0 Å². The number of ether oxygens (including phenoxy) is 2. The van der Waals surface area contributed by atoms with E-state index < -0.39 is 11.6 Å². The zero-order valence-electron chi connectivity index (χ0n) is 17.1. The lowest BCUT2D eigenvalue weighted by Crippen LogP contribution is -3.00. The van der Waals surface area contributed by atoms with Crippen LogP contribution in [0.5, 0.6) is 0 Å². The number of furan rings is 1. The number of likely N-dealkylation sites (N-methyl/N-ethyl adjacent to an activating group) is 1. The average Bonchev–Trinajstić information content (AvgIpc) is 3.33. The Balaban J connectivity index is 0.00000300. The standard InChI is InChI=1S/C22H30NO5.BrH/c1-23(2)13-12-19(17-23)28-21(25)22(20-11-8-15-26-20,27-16-7-6-14-24)18-9-4-3-5-10-18;/h3-5,8-11,15,19,24H,6-7,12-14,16-17H2,1-2H3;1H/q+1;/p-1. The monoisotopic (exact) mass is 467 g/mol. The number of unbranched alkanes of at least 4 members (excludes halogenated alkanes) is 1. The molecule has 7 heteroatoms. The predicted octanol–water partition coefficient (Wildman–Crippen LogP) is -0.292.